The van der Waals surface area contributed by atoms with E-state index in [2.05, 4.69) is 10.3 Å². The highest BCUT2D eigenvalue weighted by Crippen LogP contribution is 2.31. The molecule has 2 N–H and O–H groups in total. The van der Waals surface area contributed by atoms with Gasteiger partial charge in [0.2, 0.25) is 0 Å². The van der Waals surface area contributed by atoms with Crippen molar-refractivity contribution in [1.82, 2.24) is 10.3 Å². The van der Waals surface area contributed by atoms with Crippen molar-refractivity contribution in [3.63, 3.8) is 0 Å². The van der Waals surface area contributed by atoms with Crippen LogP contribution in [0.1, 0.15) is 50.8 Å². The molecule has 0 bridgehead atoms. The number of benzene rings is 2. The first-order valence-corrected chi connectivity index (χ1v) is 12.4. The number of aryl methyl sites for hydroxylation is 2. The summed E-state index contributed by atoms with van der Waals surface area (Å²) < 4.78 is 16.7. The Morgan fingerprint density at radius 2 is 1.86 bits per heavy atom. The molecule has 37 heavy (non-hydrogen) atoms. The van der Waals surface area contributed by atoms with Crippen molar-refractivity contribution in [2.24, 2.45) is 0 Å². The van der Waals surface area contributed by atoms with Gasteiger partial charge >= 0.3 is 17.7 Å². The first-order valence-electron chi connectivity index (χ1n) is 12.4. The van der Waals surface area contributed by atoms with E-state index in [0.29, 0.717) is 17.4 Å². The van der Waals surface area contributed by atoms with Crippen LogP contribution in [-0.2, 0) is 22.4 Å². The van der Waals surface area contributed by atoms with Crippen molar-refractivity contribution in [1.29, 1.82) is 0 Å². The molecule has 0 fully saturated rings. The van der Waals surface area contributed by atoms with E-state index in [1.54, 1.807) is 32.9 Å². The van der Waals surface area contributed by atoms with Crippen molar-refractivity contribution < 1.29 is 23.5 Å². The van der Waals surface area contributed by atoms with Gasteiger partial charge in [-0.25, -0.2) is 14.4 Å². The third kappa shape index (κ3) is 6.20. The van der Waals surface area contributed by atoms with Gasteiger partial charge in [-0.2, -0.15) is 0 Å². The van der Waals surface area contributed by atoms with E-state index in [0.717, 1.165) is 34.0 Å². The Morgan fingerprint density at radius 1 is 1.11 bits per heavy atom. The van der Waals surface area contributed by atoms with Crippen LogP contribution in [0, 0.1) is 6.92 Å². The predicted octanol–water partition coefficient (Wildman–Crippen LogP) is 5.58. The summed E-state index contributed by atoms with van der Waals surface area (Å²) in [6.45, 7) is 9.08. The number of alkyl carbamates (subject to hydrolysis) is 1. The first kappa shape index (κ1) is 26.0. The van der Waals surface area contributed by atoms with E-state index in [4.69, 9.17) is 13.9 Å². The van der Waals surface area contributed by atoms with Crippen molar-refractivity contribution in [2.45, 2.75) is 65.5 Å². The van der Waals surface area contributed by atoms with Gasteiger partial charge in [-0.3, -0.25) is 0 Å². The molecular weight excluding hydrogens is 472 g/mol. The Bertz CT molecular complexity index is 1510. The maximum Gasteiger partial charge on any atom is 0.408 e. The largest absolute Gasteiger partial charge is 0.444 e. The average molecular weight is 505 g/mol. The molecule has 4 rings (SSSR count). The van der Waals surface area contributed by atoms with Crippen LogP contribution in [0.3, 0.4) is 0 Å². The summed E-state index contributed by atoms with van der Waals surface area (Å²) in [5.74, 6) is -0.376. The van der Waals surface area contributed by atoms with Gasteiger partial charge in [-0.15, -0.1) is 0 Å². The fourth-order valence-corrected chi connectivity index (χ4v) is 4.36. The lowest BCUT2D eigenvalue weighted by Gasteiger charge is -2.23. The normalized spacial score (nSPS) is 12.5. The SMILES string of the molecule is CCCc1cc(=O)oc2cc(C)cc(OC(=O)[C@@H](Cc3c[nH]c4ccccc34)NC(=O)OC(C)(C)C)c12. The molecule has 8 heteroatoms. The number of para-hydroxylation sites is 1. The number of carbonyl (C=O) groups excluding carboxylic acids is 2. The van der Waals surface area contributed by atoms with Gasteiger partial charge in [-0.05, 0) is 69.0 Å². The Kier molecular flexibility index (Phi) is 7.38. The second kappa shape index (κ2) is 10.5. The van der Waals surface area contributed by atoms with Gasteiger partial charge in [-0.1, -0.05) is 31.5 Å². The molecule has 0 spiro atoms. The number of fused-ring (bicyclic) bond motifs is 2. The maximum absolute atomic E-state index is 13.6. The smallest absolute Gasteiger partial charge is 0.408 e. The lowest BCUT2D eigenvalue weighted by molar-refractivity contribution is -0.136. The summed E-state index contributed by atoms with van der Waals surface area (Å²) in [6, 6.07) is 11.6. The van der Waals surface area contributed by atoms with Crippen molar-refractivity contribution in [2.75, 3.05) is 0 Å². The summed E-state index contributed by atoms with van der Waals surface area (Å²) in [5.41, 5.74) is 2.43. The van der Waals surface area contributed by atoms with Crippen molar-refractivity contribution >= 4 is 33.9 Å². The third-order valence-electron chi connectivity index (χ3n) is 5.84. The van der Waals surface area contributed by atoms with Gasteiger partial charge in [0.25, 0.3) is 0 Å². The molecule has 4 aromatic rings. The first-order chi connectivity index (χ1) is 17.5. The molecule has 0 saturated heterocycles. The topological polar surface area (TPSA) is 111 Å². The quantitative estimate of drug-likeness (QED) is 0.193. The van der Waals surface area contributed by atoms with Crippen LogP contribution in [0.4, 0.5) is 4.79 Å². The number of hydrogen-bond donors (Lipinski definition) is 2. The molecule has 8 nitrogen and oxygen atoms in total. The van der Waals surface area contributed by atoms with E-state index < -0.39 is 29.3 Å². The van der Waals surface area contributed by atoms with Crippen molar-refractivity contribution in [3.05, 3.63) is 75.8 Å². The Balaban J connectivity index is 1.71. The minimum Gasteiger partial charge on any atom is -0.444 e. The lowest BCUT2D eigenvalue weighted by Crippen LogP contribution is -2.46. The molecule has 0 unspecified atom stereocenters. The second-order valence-corrected chi connectivity index (χ2v) is 10.2. The molecular formula is C29H32N2O6. The summed E-state index contributed by atoms with van der Waals surface area (Å²) in [5, 5.41) is 4.20. The van der Waals surface area contributed by atoms with Gasteiger partial charge in [0.15, 0.2) is 0 Å². The summed E-state index contributed by atoms with van der Waals surface area (Å²) >= 11 is 0. The summed E-state index contributed by atoms with van der Waals surface area (Å²) in [4.78, 5) is 41.5. The highest BCUT2D eigenvalue weighted by molar-refractivity contribution is 5.92. The summed E-state index contributed by atoms with van der Waals surface area (Å²) in [6.07, 6.45) is 2.69. The predicted molar refractivity (Wildman–Crippen MR) is 142 cm³/mol. The van der Waals surface area contributed by atoms with Crippen LogP contribution in [0.15, 0.2) is 57.9 Å². The second-order valence-electron chi connectivity index (χ2n) is 10.2. The van der Waals surface area contributed by atoms with Crippen LogP contribution >= 0.6 is 0 Å². The van der Waals surface area contributed by atoms with Gasteiger partial charge in [0.1, 0.15) is 23.0 Å². The Morgan fingerprint density at radius 3 is 2.59 bits per heavy atom. The standard InChI is InChI=1S/C29H32N2O6/c1-6-9-18-15-25(32)35-23-12-17(2)13-24(26(18)23)36-27(33)22(31-28(34)37-29(3,4)5)14-19-16-30-21-11-8-7-10-20(19)21/h7-8,10-13,15-16,22,30H,6,9,14H2,1-5H3,(H,31,34)/t22-/m1/s1. The number of rotatable bonds is 7. The summed E-state index contributed by atoms with van der Waals surface area (Å²) in [7, 11) is 0. The van der Waals surface area contributed by atoms with Crippen LogP contribution < -0.4 is 15.7 Å². The molecule has 0 aliphatic carbocycles. The minimum absolute atomic E-state index is 0.183. The minimum atomic E-state index is -1.03. The highest BCUT2D eigenvalue weighted by Gasteiger charge is 2.28. The fraction of sp³-hybridized carbons (Fsp3) is 0.345. The van der Waals surface area contributed by atoms with Gasteiger partial charge in [0, 0.05) is 29.6 Å². The number of H-pyrrole nitrogens is 1. The zero-order valence-electron chi connectivity index (χ0n) is 21.8. The lowest BCUT2D eigenvalue weighted by atomic mass is 10.0. The maximum atomic E-state index is 13.6. The highest BCUT2D eigenvalue weighted by atomic mass is 16.6. The monoisotopic (exact) mass is 504 g/mol. The molecule has 0 radical (unpaired) electrons. The molecule has 1 atom stereocenters. The average Bonchev–Trinajstić information content (AvgIpc) is 3.19. The number of ether oxygens (including phenoxy) is 2. The molecule has 2 heterocycles. The van der Waals surface area contributed by atoms with Crippen LogP contribution in [-0.4, -0.2) is 28.7 Å². The number of amides is 1. The van der Waals surface area contributed by atoms with Crippen LogP contribution in [0.2, 0.25) is 0 Å². The zero-order valence-corrected chi connectivity index (χ0v) is 21.8. The molecule has 0 aliphatic rings. The number of carbonyl (C=O) groups is 2. The molecule has 1 amide bonds. The Hall–Kier alpha value is -4.07. The molecule has 2 aromatic carbocycles. The third-order valence-corrected chi connectivity index (χ3v) is 5.84. The zero-order chi connectivity index (χ0) is 26.7. The van der Waals surface area contributed by atoms with E-state index in [-0.39, 0.29) is 12.2 Å². The van der Waals surface area contributed by atoms with Crippen LogP contribution in [0.5, 0.6) is 5.75 Å². The van der Waals surface area contributed by atoms with E-state index in [9.17, 15) is 14.4 Å². The number of aromatic amines is 1. The number of esters is 1. The van der Waals surface area contributed by atoms with E-state index in [1.807, 2.05) is 44.3 Å². The fourth-order valence-electron chi connectivity index (χ4n) is 4.36. The Labute approximate surface area is 215 Å². The van der Waals surface area contributed by atoms with Gasteiger partial charge in [0.05, 0.1) is 5.39 Å². The number of hydrogen-bond acceptors (Lipinski definition) is 6. The number of nitrogens with one attached hydrogen (secondary N) is 2. The van der Waals surface area contributed by atoms with Crippen molar-refractivity contribution in [3.8, 4) is 5.75 Å². The van der Waals surface area contributed by atoms with E-state index in [1.165, 1.54) is 6.07 Å². The molecule has 0 aliphatic heterocycles. The van der Waals surface area contributed by atoms with Gasteiger partial charge < -0.3 is 24.2 Å². The molecule has 194 valence electrons. The van der Waals surface area contributed by atoms with Crippen LogP contribution in [0.25, 0.3) is 21.9 Å². The molecule has 2 aromatic heterocycles. The molecule has 0 saturated carbocycles. The number of aromatic nitrogens is 1. The van der Waals surface area contributed by atoms with E-state index >= 15 is 0 Å².